The van der Waals surface area contributed by atoms with E-state index >= 15 is 0 Å². The van der Waals surface area contributed by atoms with Gasteiger partial charge in [0.1, 0.15) is 5.00 Å². The summed E-state index contributed by atoms with van der Waals surface area (Å²) < 4.78 is 25.5. The Bertz CT molecular complexity index is 462. The number of halogens is 2. The van der Waals surface area contributed by atoms with Gasteiger partial charge in [-0.05, 0) is 12.8 Å². The van der Waals surface area contributed by atoms with Gasteiger partial charge >= 0.3 is 0 Å². The number of nitrogens with zero attached hydrogens (tertiary/aromatic N) is 1. The molecule has 1 N–H and O–H groups in total. The SMILES string of the molecule is O=C(Nc1cnc(C2CC(F)(F)C2)s1)C1CCC1. The van der Waals surface area contributed by atoms with Gasteiger partial charge in [0.2, 0.25) is 11.8 Å². The lowest BCUT2D eigenvalue weighted by Gasteiger charge is -2.33. The third-order valence-corrected chi connectivity index (χ3v) is 4.76. The van der Waals surface area contributed by atoms with Gasteiger partial charge in [-0.2, -0.15) is 0 Å². The van der Waals surface area contributed by atoms with Gasteiger partial charge in [0, 0.05) is 24.7 Å². The van der Waals surface area contributed by atoms with E-state index in [4.69, 9.17) is 0 Å². The minimum absolute atomic E-state index is 0.0374. The molecule has 1 aromatic rings. The summed E-state index contributed by atoms with van der Waals surface area (Å²) in [5.41, 5.74) is 0. The Morgan fingerprint density at radius 2 is 2.17 bits per heavy atom. The number of rotatable bonds is 3. The van der Waals surface area contributed by atoms with E-state index < -0.39 is 5.92 Å². The molecule has 2 fully saturated rings. The fourth-order valence-electron chi connectivity index (χ4n) is 2.26. The van der Waals surface area contributed by atoms with Crippen LogP contribution in [0.2, 0.25) is 0 Å². The van der Waals surface area contributed by atoms with Crippen molar-refractivity contribution in [3.63, 3.8) is 0 Å². The average molecular weight is 272 g/mol. The molecule has 3 rings (SSSR count). The highest BCUT2D eigenvalue weighted by atomic mass is 32.1. The first-order valence-corrected chi connectivity index (χ1v) is 6.99. The summed E-state index contributed by atoms with van der Waals surface area (Å²) in [5.74, 6) is -2.50. The molecule has 0 aliphatic heterocycles. The number of hydrogen-bond donors (Lipinski definition) is 1. The summed E-state index contributed by atoms with van der Waals surface area (Å²) in [4.78, 5) is 15.8. The lowest BCUT2D eigenvalue weighted by atomic mass is 9.82. The minimum Gasteiger partial charge on any atom is -0.316 e. The summed E-state index contributed by atoms with van der Waals surface area (Å²) in [7, 11) is 0. The van der Waals surface area contributed by atoms with E-state index in [-0.39, 0.29) is 30.6 Å². The molecule has 1 amide bonds. The number of carbonyl (C=O) groups excluding carboxylic acids is 1. The quantitative estimate of drug-likeness (QED) is 0.916. The molecule has 6 heteroatoms. The van der Waals surface area contributed by atoms with E-state index in [1.54, 1.807) is 6.20 Å². The number of thiazole rings is 1. The van der Waals surface area contributed by atoms with Crippen LogP contribution in [0.5, 0.6) is 0 Å². The van der Waals surface area contributed by atoms with Gasteiger partial charge in [0.15, 0.2) is 0 Å². The smallest absolute Gasteiger partial charge is 0.249 e. The van der Waals surface area contributed by atoms with E-state index in [2.05, 4.69) is 10.3 Å². The molecule has 0 aromatic carbocycles. The molecule has 0 atom stereocenters. The minimum atomic E-state index is -2.52. The predicted molar refractivity (Wildman–Crippen MR) is 65.0 cm³/mol. The summed E-state index contributed by atoms with van der Waals surface area (Å²) in [6.45, 7) is 0. The Kier molecular flexibility index (Phi) is 2.84. The van der Waals surface area contributed by atoms with E-state index in [9.17, 15) is 13.6 Å². The molecule has 0 spiro atoms. The third-order valence-electron chi connectivity index (χ3n) is 3.69. The predicted octanol–water partition coefficient (Wildman–Crippen LogP) is 3.39. The molecule has 18 heavy (non-hydrogen) atoms. The lowest BCUT2D eigenvalue weighted by Crippen LogP contribution is -2.33. The summed E-state index contributed by atoms with van der Waals surface area (Å²) >= 11 is 1.32. The van der Waals surface area contributed by atoms with Crippen LogP contribution in [0.15, 0.2) is 6.20 Å². The normalized spacial score (nSPS) is 23.2. The largest absolute Gasteiger partial charge is 0.316 e. The number of carbonyl (C=O) groups is 1. The van der Waals surface area contributed by atoms with Gasteiger partial charge in [0.25, 0.3) is 0 Å². The summed E-state index contributed by atoms with van der Waals surface area (Å²) in [6.07, 6.45) is 4.36. The van der Waals surface area contributed by atoms with E-state index in [1.165, 1.54) is 11.3 Å². The summed E-state index contributed by atoms with van der Waals surface area (Å²) in [5, 5.41) is 4.21. The van der Waals surface area contributed by atoms with Crippen molar-refractivity contribution >= 4 is 22.2 Å². The highest BCUT2D eigenvalue weighted by Gasteiger charge is 2.47. The maximum atomic E-state index is 12.8. The zero-order valence-corrected chi connectivity index (χ0v) is 10.6. The van der Waals surface area contributed by atoms with Gasteiger partial charge < -0.3 is 5.32 Å². The molecule has 2 saturated carbocycles. The van der Waals surface area contributed by atoms with Crippen LogP contribution in [0.25, 0.3) is 0 Å². The van der Waals surface area contributed by atoms with Crippen molar-refractivity contribution in [1.29, 1.82) is 0 Å². The molecule has 1 aromatic heterocycles. The molecule has 1 heterocycles. The Labute approximate surface area is 108 Å². The fraction of sp³-hybridized carbons (Fsp3) is 0.667. The van der Waals surface area contributed by atoms with Crippen molar-refractivity contribution in [2.75, 3.05) is 5.32 Å². The van der Waals surface area contributed by atoms with Gasteiger partial charge in [-0.15, -0.1) is 11.3 Å². The Hall–Kier alpha value is -1.04. The maximum Gasteiger partial charge on any atom is 0.249 e. The second-order valence-corrected chi connectivity index (χ2v) is 6.20. The lowest BCUT2D eigenvalue weighted by molar-refractivity contribution is -0.122. The van der Waals surface area contributed by atoms with Crippen molar-refractivity contribution < 1.29 is 13.6 Å². The molecule has 0 radical (unpaired) electrons. The molecule has 0 unspecified atom stereocenters. The number of amides is 1. The topological polar surface area (TPSA) is 42.0 Å². The Morgan fingerprint density at radius 3 is 2.72 bits per heavy atom. The van der Waals surface area contributed by atoms with Crippen LogP contribution in [0.3, 0.4) is 0 Å². The molecule has 2 aliphatic rings. The van der Waals surface area contributed by atoms with Crippen molar-refractivity contribution in [1.82, 2.24) is 4.98 Å². The average Bonchev–Trinajstić information content (AvgIpc) is 2.59. The number of anilines is 1. The number of aromatic nitrogens is 1. The van der Waals surface area contributed by atoms with Crippen molar-refractivity contribution in [3.05, 3.63) is 11.2 Å². The van der Waals surface area contributed by atoms with Gasteiger partial charge in [-0.1, -0.05) is 6.42 Å². The van der Waals surface area contributed by atoms with Crippen LogP contribution in [0.1, 0.15) is 43.0 Å². The van der Waals surface area contributed by atoms with E-state index in [0.29, 0.717) is 10.0 Å². The molecule has 0 saturated heterocycles. The molecule has 0 bridgehead atoms. The molecule has 2 aliphatic carbocycles. The van der Waals surface area contributed by atoms with Gasteiger partial charge in [-0.25, -0.2) is 13.8 Å². The standard InChI is InChI=1S/C12H14F2N2OS/c13-12(14)4-8(5-12)11-15-6-9(18-11)16-10(17)7-2-1-3-7/h6-8H,1-5H2,(H,16,17). The summed E-state index contributed by atoms with van der Waals surface area (Å²) in [6, 6.07) is 0. The van der Waals surface area contributed by atoms with Crippen LogP contribution < -0.4 is 5.32 Å². The first-order valence-electron chi connectivity index (χ1n) is 6.18. The molecule has 3 nitrogen and oxygen atoms in total. The molecular formula is C12H14F2N2OS. The third kappa shape index (κ3) is 2.25. The van der Waals surface area contributed by atoms with E-state index in [1.807, 2.05) is 0 Å². The fourth-order valence-corrected chi connectivity index (χ4v) is 3.18. The van der Waals surface area contributed by atoms with E-state index in [0.717, 1.165) is 19.3 Å². The second kappa shape index (κ2) is 4.26. The Balaban J connectivity index is 1.58. The first kappa shape index (κ1) is 12.0. The van der Waals surface area contributed by atoms with Gasteiger partial charge in [0.05, 0.1) is 11.2 Å². The highest BCUT2D eigenvalue weighted by Crippen LogP contribution is 2.49. The first-order chi connectivity index (χ1) is 8.53. The van der Waals surface area contributed by atoms with Crippen molar-refractivity contribution in [3.8, 4) is 0 Å². The monoisotopic (exact) mass is 272 g/mol. The van der Waals surface area contributed by atoms with Crippen LogP contribution in [0.4, 0.5) is 13.8 Å². The number of alkyl halides is 2. The zero-order valence-electron chi connectivity index (χ0n) is 9.79. The number of nitrogens with one attached hydrogen (secondary N) is 1. The van der Waals surface area contributed by atoms with Crippen molar-refractivity contribution in [2.24, 2.45) is 5.92 Å². The molecular weight excluding hydrogens is 258 g/mol. The number of hydrogen-bond acceptors (Lipinski definition) is 3. The maximum absolute atomic E-state index is 12.8. The van der Waals surface area contributed by atoms with Crippen LogP contribution in [-0.4, -0.2) is 16.8 Å². The zero-order chi connectivity index (χ0) is 12.8. The van der Waals surface area contributed by atoms with Crippen LogP contribution in [0, 0.1) is 5.92 Å². The highest BCUT2D eigenvalue weighted by molar-refractivity contribution is 7.15. The Morgan fingerprint density at radius 1 is 1.44 bits per heavy atom. The van der Waals surface area contributed by atoms with Crippen LogP contribution >= 0.6 is 11.3 Å². The van der Waals surface area contributed by atoms with Crippen LogP contribution in [-0.2, 0) is 4.79 Å². The van der Waals surface area contributed by atoms with Crippen molar-refractivity contribution in [2.45, 2.75) is 43.9 Å². The second-order valence-electron chi connectivity index (χ2n) is 5.14. The van der Waals surface area contributed by atoms with Gasteiger partial charge in [-0.3, -0.25) is 4.79 Å². The molecule has 98 valence electrons.